The zero-order valence-electron chi connectivity index (χ0n) is 18.1. The molecule has 2 aliphatic heterocycles. The molecular weight excluding hydrogens is 398 g/mol. The largest absolute Gasteiger partial charge is 0.595 e. The number of likely N-dealkylation sites (N-methyl/N-ethyl adjacent to an activating group) is 1. The van der Waals surface area contributed by atoms with E-state index < -0.39 is 17.1 Å². The van der Waals surface area contributed by atoms with Gasteiger partial charge in [-0.1, -0.05) is 12.1 Å². The van der Waals surface area contributed by atoms with Crippen molar-refractivity contribution >= 4 is 11.7 Å². The Morgan fingerprint density at radius 1 is 1.32 bits per heavy atom. The molecule has 0 aliphatic carbocycles. The predicted octanol–water partition coefficient (Wildman–Crippen LogP) is 0.639. The van der Waals surface area contributed by atoms with Gasteiger partial charge < -0.3 is 20.2 Å². The third-order valence-electron chi connectivity index (χ3n) is 5.80. The van der Waals surface area contributed by atoms with Crippen LogP contribution in [0.15, 0.2) is 46.8 Å². The highest BCUT2D eigenvalue weighted by atomic mass is 16.8. The SMILES string of the molecule is CC1=C(C#N)[C@@H](c2cccc([NH+]([O-])O)c2)C(C(=O)OCCN2CCN(C)CC2)=C(C)N1. The standard InChI is InChI=1S/C22H29N5O4/c1-15-19(14-23)21(17-5-4-6-18(13-17)27(29)30)20(16(2)24-15)22(28)31-12-11-26-9-7-25(3)8-10-26/h4-6,13,21,24,27,29H,7-12H2,1-3H3/t21-/m1/s1. The maximum atomic E-state index is 13.1. The highest BCUT2D eigenvalue weighted by molar-refractivity contribution is 5.93. The number of nitrogens with zero attached hydrogens (tertiary/aromatic N) is 3. The van der Waals surface area contributed by atoms with E-state index in [0.29, 0.717) is 34.6 Å². The van der Waals surface area contributed by atoms with E-state index in [4.69, 9.17) is 4.74 Å². The molecule has 2 aliphatic rings. The van der Waals surface area contributed by atoms with Crippen molar-refractivity contribution in [1.82, 2.24) is 15.1 Å². The number of rotatable bonds is 6. The van der Waals surface area contributed by atoms with Crippen LogP contribution >= 0.6 is 0 Å². The van der Waals surface area contributed by atoms with Crippen LogP contribution in [-0.4, -0.2) is 67.4 Å². The maximum absolute atomic E-state index is 13.1. The summed E-state index contributed by atoms with van der Waals surface area (Å²) < 4.78 is 5.60. The Morgan fingerprint density at radius 2 is 2.03 bits per heavy atom. The Bertz CT molecular complexity index is 926. The zero-order chi connectivity index (χ0) is 22.5. The van der Waals surface area contributed by atoms with Crippen molar-refractivity contribution in [1.29, 1.82) is 5.26 Å². The lowest BCUT2D eigenvalue weighted by molar-refractivity contribution is -0.991. The molecule has 0 amide bonds. The van der Waals surface area contributed by atoms with E-state index in [2.05, 4.69) is 28.2 Å². The number of esters is 1. The van der Waals surface area contributed by atoms with Crippen LogP contribution < -0.4 is 10.5 Å². The third kappa shape index (κ3) is 5.31. The van der Waals surface area contributed by atoms with Crippen LogP contribution in [0.1, 0.15) is 25.3 Å². The number of carbonyl (C=O) groups is 1. The summed E-state index contributed by atoms with van der Waals surface area (Å²) in [4.78, 5) is 17.6. The van der Waals surface area contributed by atoms with Gasteiger partial charge in [-0.25, -0.2) is 10.0 Å². The number of ether oxygens (including phenoxy) is 1. The van der Waals surface area contributed by atoms with Crippen molar-refractivity contribution in [2.75, 3.05) is 46.4 Å². The van der Waals surface area contributed by atoms with Gasteiger partial charge in [0.05, 0.1) is 23.1 Å². The van der Waals surface area contributed by atoms with E-state index in [1.54, 1.807) is 26.0 Å². The van der Waals surface area contributed by atoms with E-state index in [9.17, 15) is 20.5 Å². The van der Waals surface area contributed by atoms with Gasteiger partial charge in [0.15, 0.2) is 5.69 Å². The topological polar surface area (TPSA) is 116 Å². The first kappa shape index (κ1) is 22.9. The summed E-state index contributed by atoms with van der Waals surface area (Å²) in [5, 5.41) is 32.6. The number of benzene rings is 1. The molecule has 9 nitrogen and oxygen atoms in total. The molecule has 1 unspecified atom stereocenters. The summed E-state index contributed by atoms with van der Waals surface area (Å²) in [6.07, 6.45) is 0. The molecule has 1 fully saturated rings. The average Bonchev–Trinajstić information content (AvgIpc) is 2.74. The van der Waals surface area contributed by atoms with E-state index in [0.717, 1.165) is 26.2 Å². The Labute approximate surface area is 182 Å². The third-order valence-corrected chi connectivity index (χ3v) is 5.80. The van der Waals surface area contributed by atoms with Crippen molar-refractivity contribution in [3.05, 3.63) is 57.6 Å². The van der Waals surface area contributed by atoms with E-state index in [1.165, 1.54) is 12.1 Å². The van der Waals surface area contributed by atoms with Crippen LogP contribution in [-0.2, 0) is 9.53 Å². The fourth-order valence-electron chi connectivity index (χ4n) is 4.01. The number of dihydropyridines is 1. The quantitative estimate of drug-likeness (QED) is 0.447. The normalized spacial score (nSPS) is 21.5. The van der Waals surface area contributed by atoms with Crippen molar-refractivity contribution < 1.29 is 20.0 Å². The maximum Gasteiger partial charge on any atom is 0.336 e. The van der Waals surface area contributed by atoms with Crippen molar-refractivity contribution in [2.24, 2.45) is 0 Å². The highest BCUT2D eigenvalue weighted by Crippen LogP contribution is 2.38. The smallest absolute Gasteiger partial charge is 0.336 e. The van der Waals surface area contributed by atoms with Gasteiger partial charge in [-0.3, -0.25) is 4.90 Å². The molecule has 0 aromatic heterocycles. The van der Waals surface area contributed by atoms with Crippen LogP contribution in [0, 0.1) is 16.5 Å². The van der Waals surface area contributed by atoms with Crippen LogP contribution in [0.25, 0.3) is 0 Å². The first-order valence-corrected chi connectivity index (χ1v) is 10.3. The molecule has 1 aromatic carbocycles. The van der Waals surface area contributed by atoms with Gasteiger partial charge in [-0.05, 0) is 26.5 Å². The van der Waals surface area contributed by atoms with Gasteiger partial charge in [0.2, 0.25) is 0 Å². The number of carbonyl (C=O) groups excluding carboxylic acids is 1. The van der Waals surface area contributed by atoms with Gasteiger partial charge in [0.1, 0.15) is 6.61 Å². The molecule has 1 saturated heterocycles. The van der Waals surface area contributed by atoms with Crippen LogP contribution in [0.3, 0.4) is 0 Å². The fourth-order valence-corrected chi connectivity index (χ4v) is 4.01. The molecule has 3 N–H and O–H groups in total. The minimum absolute atomic E-state index is 0.103. The molecule has 1 aromatic rings. The Kier molecular flexibility index (Phi) is 7.43. The minimum Gasteiger partial charge on any atom is -0.595 e. The summed E-state index contributed by atoms with van der Waals surface area (Å²) in [5.74, 6) is -1.17. The van der Waals surface area contributed by atoms with E-state index >= 15 is 0 Å². The molecular formula is C22H29N5O4. The number of quaternary nitrogens is 1. The lowest BCUT2D eigenvalue weighted by Crippen LogP contribution is -2.99. The average molecular weight is 428 g/mol. The lowest BCUT2D eigenvalue weighted by atomic mass is 9.81. The van der Waals surface area contributed by atoms with Crippen LogP contribution in [0.2, 0.25) is 0 Å². The number of hydrogen-bond acceptors (Lipinski definition) is 8. The second-order valence-corrected chi connectivity index (χ2v) is 7.96. The second kappa shape index (κ2) is 10.0. The number of nitriles is 1. The molecule has 0 bridgehead atoms. The summed E-state index contributed by atoms with van der Waals surface area (Å²) >= 11 is 0. The molecule has 166 valence electrons. The number of piperazine rings is 1. The summed E-state index contributed by atoms with van der Waals surface area (Å²) in [5.41, 5.74) is 2.63. The van der Waals surface area contributed by atoms with Gasteiger partial charge in [-0.2, -0.15) is 10.5 Å². The molecule has 3 rings (SSSR count). The molecule has 2 heterocycles. The summed E-state index contributed by atoms with van der Waals surface area (Å²) in [7, 11) is 2.09. The summed E-state index contributed by atoms with van der Waals surface area (Å²) in [6, 6.07) is 8.53. The van der Waals surface area contributed by atoms with Gasteiger partial charge in [0, 0.05) is 56.3 Å². The first-order valence-electron chi connectivity index (χ1n) is 10.3. The lowest BCUT2D eigenvalue weighted by Gasteiger charge is -2.32. The van der Waals surface area contributed by atoms with E-state index in [-0.39, 0.29) is 12.3 Å². The van der Waals surface area contributed by atoms with Crippen molar-refractivity contribution in [3.63, 3.8) is 0 Å². The Morgan fingerprint density at radius 3 is 2.68 bits per heavy atom. The molecule has 0 radical (unpaired) electrons. The fraction of sp³-hybridized carbons (Fsp3) is 0.455. The van der Waals surface area contributed by atoms with E-state index in [1.807, 2.05) is 0 Å². The van der Waals surface area contributed by atoms with Gasteiger partial charge >= 0.3 is 5.97 Å². The van der Waals surface area contributed by atoms with Crippen molar-refractivity contribution in [2.45, 2.75) is 19.8 Å². The number of nitrogens with one attached hydrogen (secondary N) is 2. The number of hydrogen-bond donors (Lipinski definition) is 3. The van der Waals surface area contributed by atoms with Crippen LogP contribution in [0.4, 0.5) is 5.69 Å². The number of allylic oxidation sites excluding steroid dienone is 3. The first-order chi connectivity index (χ1) is 14.8. The molecule has 0 saturated carbocycles. The molecule has 31 heavy (non-hydrogen) atoms. The zero-order valence-corrected chi connectivity index (χ0v) is 18.1. The van der Waals surface area contributed by atoms with Gasteiger partial charge in [-0.15, -0.1) is 0 Å². The molecule has 0 spiro atoms. The minimum atomic E-state index is -1.06. The Balaban J connectivity index is 1.81. The predicted molar refractivity (Wildman–Crippen MR) is 114 cm³/mol. The highest BCUT2D eigenvalue weighted by Gasteiger charge is 2.34. The molecule has 9 heteroatoms. The monoisotopic (exact) mass is 427 g/mol. The second-order valence-electron chi connectivity index (χ2n) is 7.96. The summed E-state index contributed by atoms with van der Waals surface area (Å²) in [6.45, 7) is 8.28. The Hall–Kier alpha value is -2.74. The van der Waals surface area contributed by atoms with Crippen molar-refractivity contribution in [3.8, 4) is 6.07 Å². The van der Waals surface area contributed by atoms with Crippen LogP contribution in [0.5, 0.6) is 0 Å². The molecule has 2 atom stereocenters. The van der Waals surface area contributed by atoms with Gasteiger partial charge in [0.25, 0.3) is 0 Å².